The number of ether oxygens (including phenoxy) is 1. The molecule has 7 heteroatoms. The average Bonchev–Trinajstić information content (AvgIpc) is 3.06. The number of amides is 2. The summed E-state index contributed by atoms with van der Waals surface area (Å²) in [6.45, 7) is 7.93. The fourth-order valence-corrected chi connectivity index (χ4v) is 3.07. The number of carbonyl (C=O) groups excluding carboxylic acids is 2. The summed E-state index contributed by atoms with van der Waals surface area (Å²) in [5.74, 6) is 0.312. The van der Waals surface area contributed by atoms with Crippen LogP contribution in [0.2, 0.25) is 0 Å². The van der Waals surface area contributed by atoms with Crippen LogP contribution in [0.5, 0.6) is 5.75 Å². The third-order valence-corrected chi connectivity index (χ3v) is 4.42. The van der Waals surface area contributed by atoms with Gasteiger partial charge in [0.05, 0.1) is 12.3 Å². The number of hydrogen-bond acceptors (Lipinski definition) is 5. The molecule has 0 aliphatic heterocycles. The fraction of sp³-hybridized carbons (Fsp3) is 0.421. The standard InChI is InChI=1S/C19H25N3O3S/c1-5-10-25-15-8-6-14(7-9-15)16-11-26-19(21-16)22-18(24)17(12(2)3)20-13(4)23/h6-9,11-12,17H,5,10H2,1-4H3,(H,20,23)(H,21,22,24)/t17-/m0/s1. The maximum atomic E-state index is 12.4. The van der Waals surface area contributed by atoms with Gasteiger partial charge in [-0.25, -0.2) is 4.98 Å². The summed E-state index contributed by atoms with van der Waals surface area (Å²) in [7, 11) is 0. The largest absolute Gasteiger partial charge is 0.494 e. The molecule has 0 bridgehead atoms. The topological polar surface area (TPSA) is 80.3 Å². The number of nitrogens with zero attached hydrogens (tertiary/aromatic N) is 1. The van der Waals surface area contributed by atoms with E-state index in [2.05, 4.69) is 22.5 Å². The van der Waals surface area contributed by atoms with Crippen LogP contribution in [0.25, 0.3) is 11.3 Å². The van der Waals surface area contributed by atoms with Crippen molar-refractivity contribution >= 4 is 28.3 Å². The number of thiazole rings is 1. The summed E-state index contributed by atoms with van der Waals surface area (Å²) in [5.41, 5.74) is 1.74. The minimum Gasteiger partial charge on any atom is -0.494 e. The first kappa shape index (κ1) is 19.9. The van der Waals surface area contributed by atoms with Crippen molar-refractivity contribution in [1.82, 2.24) is 10.3 Å². The molecular formula is C19H25N3O3S. The van der Waals surface area contributed by atoms with Crippen LogP contribution in [0.15, 0.2) is 29.6 Å². The van der Waals surface area contributed by atoms with Gasteiger partial charge in [0.1, 0.15) is 11.8 Å². The number of benzene rings is 1. The number of anilines is 1. The monoisotopic (exact) mass is 375 g/mol. The Labute approximate surface area is 158 Å². The molecule has 0 spiro atoms. The van der Waals surface area contributed by atoms with Crippen molar-refractivity contribution in [3.8, 4) is 17.0 Å². The van der Waals surface area contributed by atoms with E-state index in [1.807, 2.05) is 43.5 Å². The molecule has 2 N–H and O–H groups in total. The Morgan fingerprint density at radius 3 is 2.50 bits per heavy atom. The van der Waals surface area contributed by atoms with Crippen molar-refractivity contribution in [2.45, 2.75) is 40.2 Å². The van der Waals surface area contributed by atoms with Crippen LogP contribution in [0.4, 0.5) is 5.13 Å². The Kier molecular flexibility index (Phi) is 7.15. The SMILES string of the molecule is CCCOc1ccc(-c2csc(NC(=O)[C@@H](NC(C)=O)C(C)C)n2)cc1. The van der Waals surface area contributed by atoms with E-state index in [1.165, 1.54) is 18.3 Å². The molecule has 26 heavy (non-hydrogen) atoms. The lowest BCUT2D eigenvalue weighted by atomic mass is 10.0. The molecule has 0 radical (unpaired) electrons. The van der Waals surface area contributed by atoms with Crippen molar-refractivity contribution in [2.24, 2.45) is 5.92 Å². The molecule has 1 atom stereocenters. The maximum absolute atomic E-state index is 12.4. The first-order valence-corrected chi connectivity index (χ1v) is 9.55. The van der Waals surface area contributed by atoms with E-state index >= 15 is 0 Å². The summed E-state index contributed by atoms with van der Waals surface area (Å²) in [4.78, 5) is 28.2. The molecule has 1 aromatic carbocycles. The van der Waals surface area contributed by atoms with Gasteiger partial charge in [-0.1, -0.05) is 20.8 Å². The summed E-state index contributed by atoms with van der Waals surface area (Å²) in [5, 5.41) is 7.86. The summed E-state index contributed by atoms with van der Waals surface area (Å²) in [6.07, 6.45) is 0.965. The molecule has 0 unspecified atom stereocenters. The molecule has 2 rings (SSSR count). The van der Waals surface area contributed by atoms with Gasteiger partial charge in [0.15, 0.2) is 5.13 Å². The zero-order valence-electron chi connectivity index (χ0n) is 15.5. The number of carbonyl (C=O) groups is 2. The zero-order valence-corrected chi connectivity index (χ0v) is 16.4. The lowest BCUT2D eigenvalue weighted by Crippen LogP contribution is -2.46. The van der Waals surface area contributed by atoms with Gasteiger partial charge in [-0.15, -0.1) is 11.3 Å². The number of aromatic nitrogens is 1. The zero-order chi connectivity index (χ0) is 19.1. The molecule has 0 aliphatic carbocycles. The highest BCUT2D eigenvalue weighted by atomic mass is 32.1. The average molecular weight is 375 g/mol. The molecular weight excluding hydrogens is 350 g/mol. The smallest absolute Gasteiger partial charge is 0.248 e. The second-order valence-electron chi connectivity index (χ2n) is 6.32. The van der Waals surface area contributed by atoms with Gasteiger partial charge in [-0.2, -0.15) is 0 Å². The van der Waals surface area contributed by atoms with Gasteiger partial charge >= 0.3 is 0 Å². The Balaban J connectivity index is 2.04. The van der Waals surface area contributed by atoms with E-state index in [-0.39, 0.29) is 17.7 Å². The third kappa shape index (κ3) is 5.56. The minimum atomic E-state index is -0.588. The van der Waals surface area contributed by atoms with Crippen molar-refractivity contribution in [3.05, 3.63) is 29.6 Å². The highest BCUT2D eigenvalue weighted by Crippen LogP contribution is 2.26. The van der Waals surface area contributed by atoms with Crippen molar-refractivity contribution in [1.29, 1.82) is 0 Å². The number of rotatable bonds is 8. The van der Waals surface area contributed by atoms with Crippen LogP contribution in [0.3, 0.4) is 0 Å². The maximum Gasteiger partial charge on any atom is 0.248 e. The molecule has 2 aromatic rings. The molecule has 0 aliphatic rings. The lowest BCUT2D eigenvalue weighted by Gasteiger charge is -2.20. The van der Waals surface area contributed by atoms with Gasteiger partial charge in [0.25, 0.3) is 0 Å². The molecule has 2 amide bonds. The van der Waals surface area contributed by atoms with Crippen LogP contribution in [-0.4, -0.2) is 29.4 Å². The molecule has 1 aromatic heterocycles. The highest BCUT2D eigenvalue weighted by Gasteiger charge is 2.23. The Bertz CT molecular complexity index is 741. The second-order valence-corrected chi connectivity index (χ2v) is 7.18. The first-order valence-electron chi connectivity index (χ1n) is 8.67. The Morgan fingerprint density at radius 1 is 1.23 bits per heavy atom. The van der Waals surface area contributed by atoms with Crippen LogP contribution in [0, 0.1) is 5.92 Å². The summed E-state index contributed by atoms with van der Waals surface area (Å²) >= 11 is 1.35. The van der Waals surface area contributed by atoms with E-state index in [9.17, 15) is 9.59 Å². The van der Waals surface area contributed by atoms with Crippen molar-refractivity contribution in [3.63, 3.8) is 0 Å². The molecule has 0 saturated heterocycles. The van der Waals surface area contributed by atoms with Gasteiger partial charge < -0.3 is 15.4 Å². The van der Waals surface area contributed by atoms with Crippen LogP contribution >= 0.6 is 11.3 Å². The third-order valence-electron chi connectivity index (χ3n) is 3.67. The fourth-order valence-electron chi connectivity index (χ4n) is 2.34. The van der Waals surface area contributed by atoms with E-state index in [0.717, 1.165) is 23.4 Å². The quantitative estimate of drug-likeness (QED) is 0.737. The van der Waals surface area contributed by atoms with E-state index < -0.39 is 6.04 Å². The van der Waals surface area contributed by atoms with Crippen molar-refractivity contribution < 1.29 is 14.3 Å². The van der Waals surface area contributed by atoms with Gasteiger partial charge in [-0.3, -0.25) is 9.59 Å². The molecule has 1 heterocycles. The van der Waals surface area contributed by atoms with E-state index in [0.29, 0.717) is 11.7 Å². The Morgan fingerprint density at radius 2 is 1.92 bits per heavy atom. The molecule has 0 fully saturated rings. The van der Waals surface area contributed by atoms with Crippen LogP contribution in [0.1, 0.15) is 34.1 Å². The minimum absolute atomic E-state index is 0.0194. The summed E-state index contributed by atoms with van der Waals surface area (Å²) in [6, 6.07) is 7.12. The molecule has 6 nitrogen and oxygen atoms in total. The van der Waals surface area contributed by atoms with Crippen LogP contribution in [-0.2, 0) is 9.59 Å². The number of nitrogens with one attached hydrogen (secondary N) is 2. The molecule has 140 valence electrons. The highest BCUT2D eigenvalue weighted by molar-refractivity contribution is 7.14. The first-order chi connectivity index (χ1) is 12.4. The van der Waals surface area contributed by atoms with Gasteiger partial charge in [0.2, 0.25) is 11.8 Å². The van der Waals surface area contributed by atoms with E-state index in [1.54, 1.807) is 0 Å². The predicted octanol–water partition coefficient (Wildman–Crippen LogP) is 3.70. The van der Waals surface area contributed by atoms with E-state index in [4.69, 9.17) is 4.74 Å². The predicted molar refractivity (Wildman–Crippen MR) is 104 cm³/mol. The second kappa shape index (κ2) is 9.33. The summed E-state index contributed by atoms with van der Waals surface area (Å²) < 4.78 is 5.57. The normalized spacial score (nSPS) is 11.9. The van der Waals surface area contributed by atoms with Gasteiger partial charge in [0, 0.05) is 17.9 Å². The Hall–Kier alpha value is -2.41. The van der Waals surface area contributed by atoms with Crippen molar-refractivity contribution in [2.75, 3.05) is 11.9 Å². The number of hydrogen-bond donors (Lipinski definition) is 2. The van der Waals surface area contributed by atoms with Crippen LogP contribution < -0.4 is 15.4 Å². The lowest BCUT2D eigenvalue weighted by molar-refractivity contribution is -0.126. The molecule has 0 saturated carbocycles. The van der Waals surface area contributed by atoms with Gasteiger partial charge in [-0.05, 0) is 36.6 Å².